The van der Waals surface area contributed by atoms with Crippen molar-refractivity contribution in [2.24, 2.45) is 5.41 Å². The summed E-state index contributed by atoms with van der Waals surface area (Å²) < 4.78 is 5.40. The molecular weight excluding hydrogens is 242 g/mol. The molecule has 0 saturated heterocycles. The molecule has 4 nitrogen and oxygen atoms in total. The lowest BCUT2D eigenvalue weighted by atomic mass is 9.83. The van der Waals surface area contributed by atoms with Gasteiger partial charge in [0.15, 0.2) is 0 Å². The molecule has 0 saturated carbocycles. The van der Waals surface area contributed by atoms with Crippen LogP contribution in [0.25, 0.3) is 0 Å². The Labute approximate surface area is 114 Å². The van der Waals surface area contributed by atoms with Crippen molar-refractivity contribution in [3.05, 3.63) is 29.8 Å². The molecule has 1 aromatic carbocycles. The Kier molecular flexibility index (Phi) is 5.36. The number of benzene rings is 1. The molecule has 2 N–H and O–H groups in total. The van der Waals surface area contributed by atoms with Gasteiger partial charge in [0.05, 0.1) is 12.0 Å². The van der Waals surface area contributed by atoms with Gasteiger partial charge in [-0.3, -0.25) is 4.79 Å². The minimum Gasteiger partial charge on any atom is -0.494 e. The maximum Gasteiger partial charge on any atom is 0.309 e. The fourth-order valence-corrected chi connectivity index (χ4v) is 1.95. The molecule has 0 aliphatic carbocycles. The molecule has 4 heteroatoms. The summed E-state index contributed by atoms with van der Waals surface area (Å²) in [6.07, 6.45) is 0.535. The van der Waals surface area contributed by atoms with Gasteiger partial charge < -0.3 is 15.2 Å². The minimum atomic E-state index is -0.779. The van der Waals surface area contributed by atoms with Crippen molar-refractivity contribution in [2.45, 2.75) is 33.2 Å². The van der Waals surface area contributed by atoms with Crippen LogP contribution < -0.4 is 10.1 Å². The fourth-order valence-electron chi connectivity index (χ4n) is 1.95. The van der Waals surface area contributed by atoms with E-state index in [4.69, 9.17) is 4.74 Å². The normalized spacial score (nSPS) is 13.1. The predicted octanol–water partition coefficient (Wildman–Crippen LogP) is 2.85. The monoisotopic (exact) mass is 265 g/mol. The van der Waals surface area contributed by atoms with E-state index in [1.807, 2.05) is 38.2 Å². The third-order valence-electron chi connectivity index (χ3n) is 3.24. The van der Waals surface area contributed by atoms with Gasteiger partial charge in [-0.1, -0.05) is 12.1 Å². The van der Waals surface area contributed by atoms with E-state index in [2.05, 4.69) is 5.32 Å². The molecule has 0 aromatic heterocycles. The highest BCUT2D eigenvalue weighted by Crippen LogP contribution is 2.30. The summed E-state index contributed by atoms with van der Waals surface area (Å²) >= 11 is 0. The third-order valence-corrected chi connectivity index (χ3v) is 3.24. The molecule has 106 valence electrons. The average Bonchev–Trinajstić information content (AvgIpc) is 2.37. The molecule has 19 heavy (non-hydrogen) atoms. The Morgan fingerprint density at radius 2 is 1.95 bits per heavy atom. The maximum absolute atomic E-state index is 11.2. The second-order valence-corrected chi connectivity index (χ2v) is 5.24. The summed E-state index contributed by atoms with van der Waals surface area (Å²) in [5.41, 5.74) is 0.312. The van der Waals surface area contributed by atoms with Crippen molar-refractivity contribution < 1.29 is 14.6 Å². The van der Waals surface area contributed by atoms with Crippen molar-refractivity contribution in [3.8, 4) is 5.75 Å². The summed E-state index contributed by atoms with van der Waals surface area (Å²) in [6.45, 7) is 6.07. The summed E-state index contributed by atoms with van der Waals surface area (Å²) in [5, 5.41) is 12.4. The van der Waals surface area contributed by atoms with Crippen LogP contribution in [0.15, 0.2) is 24.3 Å². The van der Waals surface area contributed by atoms with Gasteiger partial charge in [0.25, 0.3) is 0 Å². The van der Waals surface area contributed by atoms with Crippen LogP contribution in [-0.4, -0.2) is 24.7 Å². The molecule has 1 atom stereocenters. The first-order valence-corrected chi connectivity index (χ1v) is 6.54. The molecule has 0 amide bonds. The van der Waals surface area contributed by atoms with Crippen molar-refractivity contribution in [2.75, 3.05) is 13.7 Å². The molecule has 1 aromatic rings. The van der Waals surface area contributed by atoms with Crippen LogP contribution in [0.2, 0.25) is 0 Å². The minimum absolute atomic E-state index is 0.0155. The number of ether oxygens (including phenoxy) is 1. The highest BCUT2D eigenvalue weighted by Gasteiger charge is 2.30. The Morgan fingerprint density at radius 3 is 2.37 bits per heavy atom. The Morgan fingerprint density at radius 1 is 1.37 bits per heavy atom. The van der Waals surface area contributed by atoms with Gasteiger partial charge in [-0.2, -0.15) is 0 Å². The number of carboxylic acids is 1. The van der Waals surface area contributed by atoms with Crippen LogP contribution in [0.3, 0.4) is 0 Å². The molecule has 0 aliphatic rings. The first-order chi connectivity index (χ1) is 8.90. The smallest absolute Gasteiger partial charge is 0.309 e. The van der Waals surface area contributed by atoms with Crippen molar-refractivity contribution in [1.29, 1.82) is 0 Å². The summed E-state index contributed by atoms with van der Waals surface area (Å²) in [7, 11) is 1.85. The van der Waals surface area contributed by atoms with E-state index in [9.17, 15) is 9.90 Å². The van der Waals surface area contributed by atoms with Gasteiger partial charge in [0.1, 0.15) is 5.75 Å². The second kappa shape index (κ2) is 6.57. The molecule has 0 fully saturated rings. The number of hydrogen-bond acceptors (Lipinski definition) is 3. The van der Waals surface area contributed by atoms with Crippen LogP contribution in [-0.2, 0) is 4.79 Å². The zero-order valence-electron chi connectivity index (χ0n) is 12.1. The van der Waals surface area contributed by atoms with E-state index in [0.29, 0.717) is 13.0 Å². The zero-order valence-corrected chi connectivity index (χ0v) is 12.1. The van der Waals surface area contributed by atoms with Crippen LogP contribution >= 0.6 is 0 Å². The predicted molar refractivity (Wildman–Crippen MR) is 75.4 cm³/mol. The molecule has 0 aliphatic heterocycles. The molecule has 1 rings (SSSR count). The van der Waals surface area contributed by atoms with E-state index in [0.717, 1.165) is 11.3 Å². The molecule has 0 spiro atoms. The Bertz CT molecular complexity index is 412. The SMILES string of the molecule is CCOc1ccc(C(CC(C)(C)C(=O)O)NC)cc1. The standard InChI is InChI=1S/C15H23NO3/c1-5-19-12-8-6-11(7-9-12)13(16-4)10-15(2,3)14(17)18/h6-9,13,16H,5,10H2,1-4H3,(H,17,18). The van der Waals surface area contributed by atoms with E-state index >= 15 is 0 Å². The van der Waals surface area contributed by atoms with Gasteiger partial charge in [-0.05, 0) is 51.9 Å². The van der Waals surface area contributed by atoms with E-state index < -0.39 is 11.4 Å². The maximum atomic E-state index is 11.2. The fraction of sp³-hybridized carbons (Fsp3) is 0.533. The number of aliphatic carboxylic acids is 1. The Hall–Kier alpha value is -1.55. The summed E-state index contributed by atoms with van der Waals surface area (Å²) in [6, 6.07) is 7.80. The first-order valence-electron chi connectivity index (χ1n) is 6.54. The highest BCUT2D eigenvalue weighted by molar-refractivity contribution is 5.73. The number of hydrogen-bond donors (Lipinski definition) is 2. The number of rotatable bonds is 7. The largest absolute Gasteiger partial charge is 0.494 e. The van der Waals surface area contributed by atoms with E-state index in [1.54, 1.807) is 13.8 Å². The second-order valence-electron chi connectivity index (χ2n) is 5.24. The zero-order chi connectivity index (χ0) is 14.5. The molecule has 0 bridgehead atoms. The Balaban J connectivity index is 2.82. The van der Waals surface area contributed by atoms with Crippen LogP contribution in [0.1, 0.15) is 38.8 Å². The average molecular weight is 265 g/mol. The first kappa shape index (κ1) is 15.5. The molecule has 0 radical (unpaired) electrons. The highest BCUT2D eigenvalue weighted by atomic mass is 16.5. The van der Waals surface area contributed by atoms with Gasteiger partial charge in [0.2, 0.25) is 0 Å². The van der Waals surface area contributed by atoms with Crippen molar-refractivity contribution in [3.63, 3.8) is 0 Å². The number of carbonyl (C=O) groups is 1. The lowest BCUT2D eigenvalue weighted by Crippen LogP contribution is -2.30. The van der Waals surface area contributed by atoms with Gasteiger partial charge in [-0.15, -0.1) is 0 Å². The topological polar surface area (TPSA) is 58.6 Å². The lowest BCUT2D eigenvalue weighted by Gasteiger charge is -2.26. The lowest BCUT2D eigenvalue weighted by molar-refractivity contribution is -0.147. The molecular formula is C15H23NO3. The van der Waals surface area contributed by atoms with Crippen molar-refractivity contribution >= 4 is 5.97 Å². The summed E-state index contributed by atoms with van der Waals surface area (Å²) in [4.78, 5) is 11.2. The number of carboxylic acid groups (broad SMARTS) is 1. The molecule has 1 unspecified atom stereocenters. The quantitative estimate of drug-likeness (QED) is 0.796. The third kappa shape index (κ3) is 4.24. The van der Waals surface area contributed by atoms with E-state index in [-0.39, 0.29) is 6.04 Å². The van der Waals surface area contributed by atoms with Crippen LogP contribution in [0.5, 0.6) is 5.75 Å². The van der Waals surface area contributed by atoms with Crippen LogP contribution in [0, 0.1) is 5.41 Å². The van der Waals surface area contributed by atoms with Gasteiger partial charge in [-0.25, -0.2) is 0 Å². The molecule has 0 heterocycles. The van der Waals surface area contributed by atoms with Gasteiger partial charge >= 0.3 is 5.97 Å². The number of nitrogens with one attached hydrogen (secondary N) is 1. The van der Waals surface area contributed by atoms with Crippen molar-refractivity contribution in [1.82, 2.24) is 5.32 Å². The van der Waals surface area contributed by atoms with Crippen LogP contribution in [0.4, 0.5) is 0 Å². The van der Waals surface area contributed by atoms with Gasteiger partial charge in [0, 0.05) is 6.04 Å². The van der Waals surface area contributed by atoms with E-state index in [1.165, 1.54) is 0 Å². The summed E-state index contributed by atoms with van der Waals surface area (Å²) in [5.74, 6) is 0.0530.